The Morgan fingerprint density at radius 3 is 2.67 bits per heavy atom. The summed E-state index contributed by atoms with van der Waals surface area (Å²) in [5.41, 5.74) is 0.318. The van der Waals surface area contributed by atoms with Crippen molar-refractivity contribution in [1.82, 2.24) is 13.7 Å². The number of aromatic nitrogens is 2. The van der Waals surface area contributed by atoms with Crippen LogP contribution in [0.3, 0.4) is 0 Å². The largest absolute Gasteiger partial charge is 0.248 e. The van der Waals surface area contributed by atoms with Gasteiger partial charge in [0.15, 0.2) is 5.15 Å². The van der Waals surface area contributed by atoms with Crippen molar-refractivity contribution >= 4 is 44.9 Å². The second-order valence-electron chi connectivity index (χ2n) is 5.15. The van der Waals surface area contributed by atoms with Crippen molar-refractivity contribution < 1.29 is 8.42 Å². The van der Waals surface area contributed by atoms with Crippen molar-refractivity contribution in [2.45, 2.75) is 33.4 Å². The van der Waals surface area contributed by atoms with E-state index in [9.17, 15) is 8.42 Å². The summed E-state index contributed by atoms with van der Waals surface area (Å²) in [7, 11) is -3.48. The molecular formula is C14H13ClN4O2S3. The number of hydrogen-bond donors (Lipinski definition) is 0. The van der Waals surface area contributed by atoms with Crippen LogP contribution < -0.4 is 0 Å². The molecular weight excluding hydrogens is 388 g/mol. The van der Waals surface area contributed by atoms with Crippen molar-refractivity contribution in [3.63, 3.8) is 0 Å². The van der Waals surface area contributed by atoms with Crippen LogP contribution in [0.15, 0.2) is 32.5 Å². The third-order valence-corrected chi connectivity index (χ3v) is 7.80. The van der Waals surface area contributed by atoms with Gasteiger partial charge in [0.25, 0.3) is 0 Å². The maximum Gasteiger partial charge on any atom is 0.244 e. The Hall–Kier alpha value is -1.18. The number of rotatable bonds is 4. The van der Waals surface area contributed by atoms with E-state index in [1.807, 2.05) is 6.07 Å². The maximum absolute atomic E-state index is 12.6. The molecule has 1 aliphatic rings. The summed E-state index contributed by atoms with van der Waals surface area (Å²) in [6.45, 7) is 1.12. The summed E-state index contributed by atoms with van der Waals surface area (Å²) in [4.78, 5) is 4.39. The summed E-state index contributed by atoms with van der Waals surface area (Å²) in [5.74, 6) is 0. The third kappa shape index (κ3) is 3.58. The van der Waals surface area contributed by atoms with Crippen molar-refractivity contribution in [2.24, 2.45) is 0 Å². The fraction of sp³-hybridized carbons (Fsp3) is 0.357. The zero-order valence-electron chi connectivity index (χ0n) is 12.5. The molecule has 3 rings (SSSR count). The van der Waals surface area contributed by atoms with Crippen LogP contribution >= 0.6 is 34.9 Å². The Kier molecular flexibility index (Phi) is 5.42. The molecule has 0 N–H and O–H groups in total. The first-order valence-corrected chi connectivity index (χ1v) is 10.6. The number of nitrogens with zero attached hydrogens (tertiary/aromatic N) is 4. The minimum Gasteiger partial charge on any atom is -0.248 e. The standard InChI is InChI=1S/C14H13ClN4O2S3/c15-13-11(8-16)14(23-18-13)22-12-5-4-10(9-17-12)24(20,21)19-6-2-1-3-7-19/h4-5,9H,1-3,6-7H2. The molecule has 0 saturated carbocycles. The van der Waals surface area contributed by atoms with Crippen molar-refractivity contribution in [1.29, 1.82) is 5.26 Å². The number of sulfonamides is 1. The fourth-order valence-corrected chi connectivity index (χ4v) is 5.84. The number of nitriles is 1. The average Bonchev–Trinajstić information content (AvgIpc) is 2.95. The average molecular weight is 401 g/mol. The molecule has 1 aliphatic heterocycles. The lowest BCUT2D eigenvalue weighted by Crippen LogP contribution is -2.35. The highest BCUT2D eigenvalue weighted by Crippen LogP contribution is 2.36. The molecule has 24 heavy (non-hydrogen) atoms. The first-order chi connectivity index (χ1) is 11.5. The molecule has 0 aliphatic carbocycles. The van der Waals surface area contributed by atoms with Crippen LogP contribution in [0.25, 0.3) is 0 Å². The minimum absolute atomic E-state index is 0.175. The summed E-state index contributed by atoms with van der Waals surface area (Å²) < 4.78 is 31.2. The molecule has 1 fully saturated rings. The van der Waals surface area contributed by atoms with Crippen LogP contribution in [0.1, 0.15) is 24.8 Å². The Bertz CT molecular complexity index is 868. The van der Waals surface area contributed by atoms with E-state index in [0.29, 0.717) is 27.9 Å². The molecule has 0 atom stereocenters. The molecule has 0 unspecified atom stereocenters. The Balaban J connectivity index is 1.79. The quantitative estimate of drug-likeness (QED) is 0.781. The lowest BCUT2D eigenvalue weighted by molar-refractivity contribution is 0.346. The van der Waals surface area contributed by atoms with Crippen molar-refractivity contribution in [3.8, 4) is 6.07 Å². The number of hydrogen-bond acceptors (Lipinski definition) is 7. The molecule has 1 saturated heterocycles. The number of piperidine rings is 1. The van der Waals surface area contributed by atoms with Gasteiger partial charge in [-0.25, -0.2) is 13.4 Å². The lowest BCUT2D eigenvalue weighted by atomic mass is 10.2. The van der Waals surface area contributed by atoms with Gasteiger partial charge >= 0.3 is 0 Å². The first-order valence-electron chi connectivity index (χ1n) is 7.21. The third-order valence-electron chi connectivity index (χ3n) is 3.59. The molecule has 6 nitrogen and oxygen atoms in total. The molecule has 3 heterocycles. The highest BCUT2D eigenvalue weighted by molar-refractivity contribution is 8.01. The molecule has 10 heteroatoms. The molecule has 126 valence electrons. The minimum atomic E-state index is -3.48. The molecule has 0 aromatic carbocycles. The molecule has 0 bridgehead atoms. The van der Waals surface area contributed by atoms with E-state index in [4.69, 9.17) is 16.9 Å². The number of pyridine rings is 1. The van der Waals surface area contributed by atoms with Crippen LogP contribution in [0.2, 0.25) is 5.15 Å². The summed E-state index contributed by atoms with van der Waals surface area (Å²) in [6, 6.07) is 5.19. The SMILES string of the molecule is N#Cc1c(Cl)nsc1Sc1ccc(S(=O)(=O)N2CCCCC2)cn1. The fourth-order valence-electron chi connectivity index (χ4n) is 2.35. The second kappa shape index (κ2) is 7.37. The van der Waals surface area contributed by atoms with Gasteiger partial charge in [-0.1, -0.05) is 29.8 Å². The van der Waals surface area contributed by atoms with Gasteiger partial charge in [0.1, 0.15) is 25.8 Å². The van der Waals surface area contributed by atoms with E-state index in [2.05, 4.69) is 9.36 Å². The van der Waals surface area contributed by atoms with E-state index in [0.717, 1.165) is 30.8 Å². The topological polar surface area (TPSA) is 86.9 Å². The Morgan fingerprint density at radius 2 is 2.04 bits per heavy atom. The Morgan fingerprint density at radius 1 is 1.29 bits per heavy atom. The smallest absolute Gasteiger partial charge is 0.244 e. The van der Waals surface area contributed by atoms with Crippen LogP contribution in [0.5, 0.6) is 0 Å². The molecule has 2 aromatic heterocycles. The van der Waals surface area contributed by atoms with Gasteiger partial charge in [-0.2, -0.15) is 13.9 Å². The highest BCUT2D eigenvalue weighted by Gasteiger charge is 2.26. The normalized spacial score (nSPS) is 16.0. The highest BCUT2D eigenvalue weighted by atomic mass is 35.5. The van der Waals surface area contributed by atoms with Crippen LogP contribution in [0, 0.1) is 11.3 Å². The van der Waals surface area contributed by atoms with E-state index < -0.39 is 10.0 Å². The predicted octanol–water partition coefficient (Wildman–Crippen LogP) is 3.39. The van der Waals surface area contributed by atoms with E-state index >= 15 is 0 Å². The van der Waals surface area contributed by atoms with Gasteiger partial charge in [0, 0.05) is 19.3 Å². The Labute approximate surface area is 153 Å². The van der Waals surface area contributed by atoms with E-state index in [1.54, 1.807) is 12.1 Å². The van der Waals surface area contributed by atoms with Crippen LogP contribution in [-0.4, -0.2) is 35.2 Å². The van der Waals surface area contributed by atoms with Crippen LogP contribution in [-0.2, 0) is 10.0 Å². The van der Waals surface area contributed by atoms with Gasteiger partial charge < -0.3 is 0 Å². The molecule has 0 spiro atoms. The lowest BCUT2D eigenvalue weighted by Gasteiger charge is -2.25. The number of halogens is 1. The van der Waals surface area contributed by atoms with E-state index in [-0.39, 0.29) is 10.0 Å². The molecule has 0 radical (unpaired) electrons. The zero-order valence-corrected chi connectivity index (χ0v) is 15.7. The second-order valence-corrected chi connectivity index (χ2v) is 9.51. The summed E-state index contributed by atoms with van der Waals surface area (Å²) in [6.07, 6.45) is 4.22. The summed E-state index contributed by atoms with van der Waals surface area (Å²) >= 11 is 8.20. The van der Waals surface area contributed by atoms with Gasteiger partial charge in [-0.15, -0.1) is 0 Å². The monoisotopic (exact) mass is 400 g/mol. The van der Waals surface area contributed by atoms with Gasteiger partial charge in [0.2, 0.25) is 10.0 Å². The van der Waals surface area contributed by atoms with Crippen molar-refractivity contribution in [2.75, 3.05) is 13.1 Å². The van der Waals surface area contributed by atoms with E-state index in [1.165, 1.54) is 22.3 Å². The molecule has 0 amide bonds. The van der Waals surface area contributed by atoms with Gasteiger partial charge in [-0.05, 0) is 36.5 Å². The predicted molar refractivity (Wildman–Crippen MR) is 92.8 cm³/mol. The van der Waals surface area contributed by atoms with Crippen molar-refractivity contribution in [3.05, 3.63) is 29.0 Å². The van der Waals surface area contributed by atoms with Gasteiger partial charge in [-0.3, -0.25) is 0 Å². The summed E-state index contributed by atoms with van der Waals surface area (Å²) in [5, 5.41) is 9.84. The zero-order chi connectivity index (χ0) is 17.2. The van der Waals surface area contributed by atoms with Gasteiger partial charge in [0.05, 0.1) is 0 Å². The maximum atomic E-state index is 12.6. The molecule has 2 aromatic rings. The van der Waals surface area contributed by atoms with Crippen LogP contribution in [0.4, 0.5) is 0 Å². The first kappa shape index (κ1) is 17.6.